The van der Waals surface area contributed by atoms with Crippen LogP contribution >= 0.6 is 11.3 Å². The molecule has 0 unspecified atom stereocenters. The Labute approximate surface area is 128 Å². The van der Waals surface area contributed by atoms with Gasteiger partial charge in [0.25, 0.3) is 0 Å². The van der Waals surface area contributed by atoms with E-state index < -0.39 is 0 Å². The van der Waals surface area contributed by atoms with Crippen molar-refractivity contribution in [2.24, 2.45) is 0 Å². The Morgan fingerprint density at radius 2 is 2.19 bits per heavy atom. The molecule has 0 radical (unpaired) electrons. The van der Waals surface area contributed by atoms with E-state index in [0.717, 1.165) is 23.2 Å². The van der Waals surface area contributed by atoms with Gasteiger partial charge in [0.05, 0.1) is 11.1 Å². The van der Waals surface area contributed by atoms with Crippen LogP contribution in [0.1, 0.15) is 29.0 Å². The molecule has 1 atom stereocenters. The largest absolute Gasteiger partial charge is 0.322 e. The van der Waals surface area contributed by atoms with Crippen molar-refractivity contribution in [3.8, 4) is 6.07 Å². The molecule has 3 heterocycles. The van der Waals surface area contributed by atoms with Crippen molar-refractivity contribution in [3.63, 3.8) is 0 Å². The van der Waals surface area contributed by atoms with E-state index in [2.05, 4.69) is 48.7 Å². The van der Waals surface area contributed by atoms with Crippen molar-refractivity contribution < 1.29 is 0 Å². The minimum absolute atomic E-state index is 0.347. The van der Waals surface area contributed by atoms with Crippen LogP contribution in [0.3, 0.4) is 0 Å². The molecular formula is C17H17N3S. The van der Waals surface area contributed by atoms with Gasteiger partial charge in [-0.1, -0.05) is 12.1 Å². The van der Waals surface area contributed by atoms with Crippen molar-refractivity contribution in [2.75, 3.05) is 7.05 Å². The zero-order valence-corrected chi connectivity index (χ0v) is 13.0. The first kappa shape index (κ1) is 13.9. The molecule has 0 aliphatic rings. The van der Waals surface area contributed by atoms with E-state index in [-0.39, 0.29) is 0 Å². The number of thiophene rings is 1. The number of hydrogen-bond donors (Lipinski definition) is 0. The molecule has 3 aromatic heterocycles. The molecule has 106 valence electrons. The van der Waals surface area contributed by atoms with E-state index in [9.17, 15) is 5.26 Å². The van der Waals surface area contributed by atoms with Gasteiger partial charge in [0.1, 0.15) is 6.07 Å². The van der Waals surface area contributed by atoms with Crippen LogP contribution < -0.4 is 0 Å². The van der Waals surface area contributed by atoms with E-state index in [1.165, 1.54) is 4.88 Å². The van der Waals surface area contributed by atoms with Crippen LogP contribution in [0.2, 0.25) is 0 Å². The molecular weight excluding hydrogens is 278 g/mol. The van der Waals surface area contributed by atoms with Crippen LogP contribution in [0.15, 0.2) is 48.1 Å². The molecule has 0 aliphatic heterocycles. The van der Waals surface area contributed by atoms with Crippen LogP contribution in [0, 0.1) is 11.3 Å². The van der Waals surface area contributed by atoms with E-state index in [0.29, 0.717) is 6.04 Å². The molecule has 3 rings (SSSR count). The van der Waals surface area contributed by atoms with Gasteiger partial charge in [0, 0.05) is 35.4 Å². The maximum Gasteiger partial charge on any atom is 0.102 e. The number of pyridine rings is 1. The Kier molecular flexibility index (Phi) is 3.78. The van der Waals surface area contributed by atoms with Crippen LogP contribution in [0.5, 0.6) is 0 Å². The van der Waals surface area contributed by atoms with Crippen LogP contribution in [-0.2, 0) is 6.54 Å². The van der Waals surface area contributed by atoms with Gasteiger partial charge in [0.2, 0.25) is 0 Å². The predicted octanol–water partition coefficient (Wildman–Crippen LogP) is 4.07. The number of hydrogen-bond acceptors (Lipinski definition) is 3. The Balaban J connectivity index is 1.89. The lowest BCUT2D eigenvalue weighted by Gasteiger charge is -2.23. The van der Waals surface area contributed by atoms with Crippen molar-refractivity contribution in [1.82, 2.24) is 9.30 Å². The average Bonchev–Trinajstić information content (AvgIpc) is 3.13. The molecule has 0 saturated carbocycles. The quantitative estimate of drug-likeness (QED) is 0.726. The highest BCUT2D eigenvalue weighted by molar-refractivity contribution is 7.10. The van der Waals surface area contributed by atoms with Crippen molar-refractivity contribution in [2.45, 2.75) is 19.5 Å². The topological polar surface area (TPSA) is 31.4 Å². The normalized spacial score (nSPS) is 12.7. The first-order chi connectivity index (χ1) is 10.2. The first-order valence-electron chi connectivity index (χ1n) is 6.93. The third-order valence-electron chi connectivity index (χ3n) is 3.91. The van der Waals surface area contributed by atoms with Crippen LogP contribution in [0.25, 0.3) is 5.52 Å². The number of nitriles is 1. The fraction of sp³-hybridized carbons (Fsp3) is 0.235. The molecule has 0 saturated heterocycles. The number of nitrogens with zero attached hydrogens (tertiary/aromatic N) is 3. The van der Waals surface area contributed by atoms with Crippen molar-refractivity contribution in [1.29, 1.82) is 5.26 Å². The first-order valence-corrected chi connectivity index (χ1v) is 7.81. The van der Waals surface area contributed by atoms with Gasteiger partial charge >= 0.3 is 0 Å². The van der Waals surface area contributed by atoms with E-state index in [1.54, 1.807) is 11.3 Å². The zero-order chi connectivity index (χ0) is 14.8. The lowest BCUT2D eigenvalue weighted by Crippen LogP contribution is -2.21. The van der Waals surface area contributed by atoms with Gasteiger partial charge in [0.15, 0.2) is 0 Å². The molecule has 0 aliphatic carbocycles. The summed E-state index contributed by atoms with van der Waals surface area (Å²) in [5.74, 6) is 0. The highest BCUT2D eigenvalue weighted by atomic mass is 32.1. The molecule has 0 fully saturated rings. The van der Waals surface area contributed by atoms with Gasteiger partial charge in [-0.25, -0.2) is 0 Å². The summed E-state index contributed by atoms with van der Waals surface area (Å²) < 4.78 is 2.03. The molecule has 21 heavy (non-hydrogen) atoms. The maximum absolute atomic E-state index is 9.46. The van der Waals surface area contributed by atoms with Gasteiger partial charge in [-0.3, -0.25) is 4.90 Å². The molecule has 3 nitrogen and oxygen atoms in total. The number of aromatic nitrogens is 1. The summed E-state index contributed by atoms with van der Waals surface area (Å²) in [5, 5.41) is 11.6. The minimum atomic E-state index is 0.347. The third kappa shape index (κ3) is 2.58. The summed E-state index contributed by atoms with van der Waals surface area (Å²) >= 11 is 1.77. The van der Waals surface area contributed by atoms with E-state index in [4.69, 9.17) is 0 Å². The lowest BCUT2D eigenvalue weighted by atomic mass is 10.1. The summed E-state index contributed by atoms with van der Waals surface area (Å²) in [6.45, 7) is 2.97. The van der Waals surface area contributed by atoms with Crippen LogP contribution in [0.4, 0.5) is 0 Å². The second-order valence-electron chi connectivity index (χ2n) is 5.24. The number of fused-ring (bicyclic) bond motifs is 1. The van der Waals surface area contributed by atoms with Gasteiger partial charge < -0.3 is 4.40 Å². The molecule has 0 N–H and O–H groups in total. The molecule has 0 aromatic carbocycles. The Morgan fingerprint density at radius 1 is 1.33 bits per heavy atom. The summed E-state index contributed by atoms with van der Waals surface area (Å²) in [7, 11) is 2.11. The zero-order valence-electron chi connectivity index (χ0n) is 12.2. The van der Waals surface area contributed by atoms with Crippen molar-refractivity contribution >= 4 is 16.9 Å². The SMILES string of the molecule is C[C@@H](c1cccs1)N(C)Cc1cn2ccccc2c1C#N. The molecule has 4 heteroatoms. The maximum atomic E-state index is 9.46. The summed E-state index contributed by atoms with van der Waals surface area (Å²) in [4.78, 5) is 3.63. The van der Waals surface area contributed by atoms with Gasteiger partial charge in [-0.15, -0.1) is 11.3 Å². The fourth-order valence-electron chi connectivity index (χ4n) is 2.58. The molecule has 0 bridgehead atoms. The Bertz CT molecular complexity index is 780. The average molecular weight is 295 g/mol. The Hall–Kier alpha value is -2.09. The monoisotopic (exact) mass is 295 g/mol. The minimum Gasteiger partial charge on any atom is -0.322 e. The number of rotatable bonds is 4. The standard InChI is InChI=1S/C17H17N3S/c1-13(17-7-5-9-21-17)19(2)11-14-12-20-8-4-3-6-16(20)15(14)10-18/h3-9,12-13H,11H2,1-2H3/t13-/m0/s1. The lowest BCUT2D eigenvalue weighted by molar-refractivity contribution is 0.256. The third-order valence-corrected chi connectivity index (χ3v) is 4.95. The smallest absolute Gasteiger partial charge is 0.102 e. The summed E-state index contributed by atoms with van der Waals surface area (Å²) in [6, 6.07) is 12.9. The summed E-state index contributed by atoms with van der Waals surface area (Å²) in [6.07, 6.45) is 4.05. The molecule has 0 spiro atoms. The second kappa shape index (κ2) is 5.72. The van der Waals surface area contributed by atoms with Gasteiger partial charge in [-0.2, -0.15) is 5.26 Å². The van der Waals surface area contributed by atoms with Crippen molar-refractivity contribution in [3.05, 3.63) is 64.1 Å². The second-order valence-corrected chi connectivity index (χ2v) is 6.22. The van der Waals surface area contributed by atoms with E-state index >= 15 is 0 Å². The van der Waals surface area contributed by atoms with Crippen LogP contribution in [-0.4, -0.2) is 16.3 Å². The summed E-state index contributed by atoms with van der Waals surface area (Å²) in [5.41, 5.74) is 2.84. The van der Waals surface area contributed by atoms with Gasteiger partial charge in [-0.05, 0) is 37.6 Å². The molecule has 3 aromatic rings. The predicted molar refractivity (Wildman–Crippen MR) is 86.3 cm³/mol. The van der Waals surface area contributed by atoms with E-state index in [1.807, 2.05) is 28.8 Å². The molecule has 0 amide bonds. The highest BCUT2D eigenvalue weighted by Gasteiger charge is 2.16. The fourth-order valence-corrected chi connectivity index (χ4v) is 3.43. The highest BCUT2D eigenvalue weighted by Crippen LogP contribution is 2.26. The Morgan fingerprint density at radius 3 is 2.90 bits per heavy atom.